The minimum absolute atomic E-state index is 0.323. The first kappa shape index (κ1) is 14.2. The molecule has 4 N–H and O–H groups in total. The van der Waals surface area contributed by atoms with Crippen molar-refractivity contribution in [1.29, 1.82) is 0 Å². The third-order valence-electron chi connectivity index (χ3n) is 2.89. The van der Waals surface area contributed by atoms with Crippen molar-refractivity contribution in [3.8, 4) is 0 Å². The molecule has 0 fully saturated rings. The first-order valence-electron chi connectivity index (χ1n) is 6.30. The van der Waals surface area contributed by atoms with Crippen molar-refractivity contribution in [2.75, 3.05) is 16.4 Å². The van der Waals surface area contributed by atoms with Crippen LogP contribution in [-0.4, -0.2) is 6.03 Å². The number of nitrogens with two attached hydrogens (primary N) is 1. The highest BCUT2D eigenvalue weighted by molar-refractivity contribution is 6.30. The van der Waals surface area contributed by atoms with Crippen LogP contribution in [0.4, 0.5) is 21.9 Å². The Morgan fingerprint density at radius 2 is 1.70 bits per heavy atom. The predicted molar refractivity (Wildman–Crippen MR) is 84.3 cm³/mol. The van der Waals surface area contributed by atoms with Gasteiger partial charge in [-0.05, 0) is 48.4 Å². The van der Waals surface area contributed by atoms with E-state index < -0.39 is 0 Å². The van der Waals surface area contributed by atoms with E-state index in [1.807, 2.05) is 19.1 Å². The van der Waals surface area contributed by atoms with Crippen molar-refractivity contribution < 1.29 is 4.79 Å². The molecule has 20 heavy (non-hydrogen) atoms. The summed E-state index contributed by atoms with van der Waals surface area (Å²) in [6, 6.07) is 12.1. The fourth-order valence-corrected chi connectivity index (χ4v) is 1.95. The third kappa shape index (κ3) is 3.65. The lowest BCUT2D eigenvalue weighted by Crippen LogP contribution is -2.19. The number of anilines is 3. The molecule has 104 valence electrons. The van der Waals surface area contributed by atoms with Crippen molar-refractivity contribution in [3.05, 3.63) is 53.1 Å². The summed E-state index contributed by atoms with van der Waals surface area (Å²) in [7, 11) is 0. The van der Waals surface area contributed by atoms with E-state index in [9.17, 15) is 4.79 Å². The zero-order chi connectivity index (χ0) is 14.5. The van der Waals surface area contributed by atoms with Gasteiger partial charge >= 0.3 is 6.03 Å². The molecule has 0 aromatic heterocycles. The maximum Gasteiger partial charge on any atom is 0.323 e. The molecular weight excluding hydrogens is 274 g/mol. The molecule has 0 atom stereocenters. The van der Waals surface area contributed by atoms with E-state index in [4.69, 9.17) is 17.3 Å². The lowest BCUT2D eigenvalue weighted by Gasteiger charge is -2.10. The van der Waals surface area contributed by atoms with Gasteiger partial charge in [-0.25, -0.2) is 4.79 Å². The van der Waals surface area contributed by atoms with Crippen LogP contribution >= 0.6 is 11.6 Å². The van der Waals surface area contributed by atoms with Gasteiger partial charge in [0, 0.05) is 22.1 Å². The van der Waals surface area contributed by atoms with Gasteiger partial charge in [0.25, 0.3) is 0 Å². The Bertz CT molecular complexity index is 611. The molecule has 0 unspecified atom stereocenters. The summed E-state index contributed by atoms with van der Waals surface area (Å²) in [5.74, 6) is 0. The Morgan fingerprint density at radius 3 is 2.30 bits per heavy atom. The number of carbonyl (C=O) groups excluding carboxylic acids is 1. The first-order chi connectivity index (χ1) is 9.58. The quantitative estimate of drug-likeness (QED) is 0.744. The fourth-order valence-electron chi connectivity index (χ4n) is 1.82. The number of aryl methyl sites for hydroxylation is 1. The number of rotatable bonds is 3. The highest BCUT2D eigenvalue weighted by Gasteiger charge is 2.04. The molecule has 0 saturated heterocycles. The molecule has 2 rings (SSSR count). The SMILES string of the molecule is CCc1ccc(NC(=O)Nc2ccc(Cl)cc2)cc1N. The molecule has 4 nitrogen and oxygen atoms in total. The van der Waals surface area contributed by atoms with Crippen LogP contribution in [0.3, 0.4) is 0 Å². The molecule has 5 heteroatoms. The van der Waals surface area contributed by atoms with E-state index in [1.54, 1.807) is 30.3 Å². The van der Waals surface area contributed by atoms with E-state index in [1.165, 1.54) is 0 Å². The van der Waals surface area contributed by atoms with Gasteiger partial charge in [0.15, 0.2) is 0 Å². The predicted octanol–water partition coefficient (Wildman–Crippen LogP) is 4.13. The van der Waals surface area contributed by atoms with Crippen LogP contribution in [0.15, 0.2) is 42.5 Å². The van der Waals surface area contributed by atoms with Gasteiger partial charge in [0.2, 0.25) is 0 Å². The van der Waals surface area contributed by atoms with Gasteiger partial charge < -0.3 is 16.4 Å². The molecule has 0 aliphatic heterocycles. The lowest BCUT2D eigenvalue weighted by molar-refractivity contribution is 0.262. The van der Waals surface area contributed by atoms with Crippen molar-refractivity contribution in [1.82, 2.24) is 0 Å². The summed E-state index contributed by atoms with van der Waals surface area (Å²) in [6.45, 7) is 2.03. The Morgan fingerprint density at radius 1 is 1.10 bits per heavy atom. The number of hydrogen-bond acceptors (Lipinski definition) is 2. The minimum atomic E-state index is -0.323. The lowest BCUT2D eigenvalue weighted by atomic mass is 10.1. The monoisotopic (exact) mass is 289 g/mol. The van der Waals surface area contributed by atoms with Crippen LogP contribution in [0.25, 0.3) is 0 Å². The zero-order valence-electron chi connectivity index (χ0n) is 11.1. The number of urea groups is 1. The molecule has 0 spiro atoms. The van der Waals surface area contributed by atoms with Crippen molar-refractivity contribution in [2.45, 2.75) is 13.3 Å². The summed E-state index contributed by atoms with van der Waals surface area (Å²) >= 11 is 5.78. The van der Waals surface area contributed by atoms with E-state index in [-0.39, 0.29) is 6.03 Å². The smallest absolute Gasteiger partial charge is 0.323 e. The van der Waals surface area contributed by atoms with Crippen molar-refractivity contribution in [2.24, 2.45) is 0 Å². The van der Waals surface area contributed by atoms with E-state index >= 15 is 0 Å². The number of benzene rings is 2. The Labute approximate surface area is 122 Å². The zero-order valence-corrected chi connectivity index (χ0v) is 11.9. The van der Waals surface area contributed by atoms with Crippen LogP contribution in [-0.2, 0) is 6.42 Å². The van der Waals surface area contributed by atoms with Gasteiger partial charge in [0.05, 0.1) is 0 Å². The summed E-state index contributed by atoms with van der Waals surface area (Å²) < 4.78 is 0. The summed E-state index contributed by atoms with van der Waals surface area (Å²) in [6.07, 6.45) is 0.864. The molecule has 0 bridgehead atoms. The van der Waals surface area contributed by atoms with Crippen LogP contribution in [0.1, 0.15) is 12.5 Å². The molecule has 0 radical (unpaired) electrons. The van der Waals surface area contributed by atoms with Crippen LogP contribution in [0.5, 0.6) is 0 Å². The number of nitrogen functional groups attached to an aromatic ring is 1. The average Bonchev–Trinajstić information content (AvgIpc) is 2.41. The summed E-state index contributed by atoms with van der Waals surface area (Å²) in [5.41, 5.74) is 8.96. The molecule has 2 amide bonds. The van der Waals surface area contributed by atoms with Crippen molar-refractivity contribution in [3.63, 3.8) is 0 Å². The van der Waals surface area contributed by atoms with Gasteiger partial charge in [-0.1, -0.05) is 24.6 Å². The Hall–Kier alpha value is -2.20. The molecule has 0 aliphatic rings. The molecule has 0 heterocycles. The van der Waals surface area contributed by atoms with E-state index in [0.717, 1.165) is 12.0 Å². The van der Waals surface area contributed by atoms with Gasteiger partial charge in [0.1, 0.15) is 0 Å². The van der Waals surface area contributed by atoms with E-state index in [0.29, 0.717) is 22.1 Å². The molecule has 0 aliphatic carbocycles. The number of hydrogen-bond donors (Lipinski definition) is 3. The second-order valence-corrected chi connectivity index (χ2v) is 4.79. The third-order valence-corrected chi connectivity index (χ3v) is 3.14. The number of amides is 2. The molecule has 2 aromatic rings. The molecule has 0 saturated carbocycles. The van der Waals surface area contributed by atoms with Gasteiger partial charge in [-0.3, -0.25) is 0 Å². The van der Waals surface area contributed by atoms with Gasteiger partial charge in [-0.15, -0.1) is 0 Å². The second-order valence-electron chi connectivity index (χ2n) is 4.35. The molecular formula is C15H16ClN3O. The van der Waals surface area contributed by atoms with Crippen LogP contribution < -0.4 is 16.4 Å². The summed E-state index contributed by atoms with van der Waals surface area (Å²) in [5, 5.41) is 6.07. The highest BCUT2D eigenvalue weighted by atomic mass is 35.5. The Balaban J connectivity index is 2.01. The van der Waals surface area contributed by atoms with Crippen LogP contribution in [0.2, 0.25) is 5.02 Å². The largest absolute Gasteiger partial charge is 0.398 e. The highest BCUT2D eigenvalue weighted by Crippen LogP contribution is 2.19. The van der Waals surface area contributed by atoms with Gasteiger partial charge in [-0.2, -0.15) is 0 Å². The maximum atomic E-state index is 11.8. The van der Waals surface area contributed by atoms with E-state index in [2.05, 4.69) is 10.6 Å². The second kappa shape index (κ2) is 6.30. The Kier molecular flexibility index (Phi) is 4.48. The van der Waals surface area contributed by atoms with Crippen molar-refractivity contribution >= 4 is 34.7 Å². The normalized spacial score (nSPS) is 10.1. The average molecular weight is 290 g/mol. The summed E-state index contributed by atoms with van der Waals surface area (Å²) in [4.78, 5) is 11.8. The standard InChI is InChI=1S/C15H16ClN3O/c1-2-10-3-6-13(9-14(10)17)19-15(20)18-12-7-4-11(16)5-8-12/h3-9H,2,17H2,1H3,(H2,18,19,20). The molecule has 2 aromatic carbocycles. The van der Waals surface area contributed by atoms with Crippen LogP contribution in [0, 0.1) is 0 Å². The minimum Gasteiger partial charge on any atom is -0.398 e. The number of halogens is 1. The number of nitrogens with one attached hydrogen (secondary N) is 2. The first-order valence-corrected chi connectivity index (χ1v) is 6.68. The number of carbonyl (C=O) groups is 1. The fraction of sp³-hybridized carbons (Fsp3) is 0.133. The topological polar surface area (TPSA) is 67.2 Å². The maximum absolute atomic E-state index is 11.8.